The van der Waals surface area contributed by atoms with Gasteiger partial charge in [-0.05, 0) is 56.3 Å². The van der Waals surface area contributed by atoms with E-state index in [0.29, 0.717) is 0 Å². The highest BCUT2D eigenvalue weighted by atomic mass is 32.1. The number of aryl methyl sites for hydroxylation is 2. The summed E-state index contributed by atoms with van der Waals surface area (Å²) in [5.41, 5.74) is 4.00. The molecule has 1 aromatic heterocycles. The van der Waals surface area contributed by atoms with E-state index in [1.807, 2.05) is 11.3 Å². The molecule has 1 N–H and O–H groups in total. The molecule has 0 unspecified atom stereocenters. The molecule has 0 aliphatic carbocycles. The van der Waals surface area contributed by atoms with Gasteiger partial charge < -0.3 is 5.32 Å². The van der Waals surface area contributed by atoms with Crippen molar-refractivity contribution in [3.8, 4) is 0 Å². The maximum absolute atomic E-state index is 3.55. The van der Waals surface area contributed by atoms with Gasteiger partial charge >= 0.3 is 0 Å². The van der Waals surface area contributed by atoms with Crippen LogP contribution < -0.4 is 5.32 Å². The van der Waals surface area contributed by atoms with Gasteiger partial charge in [0.15, 0.2) is 0 Å². The first kappa shape index (κ1) is 16.1. The van der Waals surface area contributed by atoms with E-state index in [-0.39, 0.29) is 0 Å². The summed E-state index contributed by atoms with van der Waals surface area (Å²) in [6.45, 7) is 12.9. The van der Waals surface area contributed by atoms with Crippen LogP contribution in [-0.2, 0) is 13.1 Å². The van der Waals surface area contributed by atoms with Gasteiger partial charge in [-0.2, -0.15) is 0 Å². The van der Waals surface area contributed by atoms with E-state index < -0.39 is 0 Å². The van der Waals surface area contributed by atoms with Gasteiger partial charge in [-0.3, -0.25) is 4.90 Å². The Morgan fingerprint density at radius 3 is 2.48 bits per heavy atom. The minimum atomic E-state index is 0.908. The number of nitrogens with one attached hydrogen (secondary N) is 1. The molecule has 0 saturated carbocycles. The maximum Gasteiger partial charge on any atom is 0.0411 e. The zero-order valence-corrected chi connectivity index (χ0v) is 14.4. The summed E-state index contributed by atoms with van der Waals surface area (Å²) in [6, 6.07) is 11.1. The van der Waals surface area contributed by atoms with E-state index in [2.05, 4.69) is 68.2 Å². The van der Waals surface area contributed by atoms with Gasteiger partial charge in [0.25, 0.3) is 0 Å². The van der Waals surface area contributed by atoms with E-state index in [0.717, 1.165) is 26.2 Å². The van der Waals surface area contributed by atoms with Gasteiger partial charge in [0, 0.05) is 28.5 Å². The summed E-state index contributed by atoms with van der Waals surface area (Å²) in [7, 11) is 0. The van der Waals surface area contributed by atoms with Gasteiger partial charge in [-0.25, -0.2) is 0 Å². The molecule has 0 saturated heterocycles. The number of anilines is 1. The lowest BCUT2D eigenvalue weighted by molar-refractivity contribution is 0.296. The average molecular weight is 302 g/mol. The molecule has 0 aliphatic heterocycles. The molecule has 2 nitrogen and oxygen atoms in total. The van der Waals surface area contributed by atoms with Crippen molar-refractivity contribution < 1.29 is 0 Å². The smallest absolute Gasteiger partial charge is 0.0411 e. The van der Waals surface area contributed by atoms with Crippen molar-refractivity contribution in [2.24, 2.45) is 0 Å². The second-order valence-corrected chi connectivity index (χ2v) is 6.91. The van der Waals surface area contributed by atoms with Crippen LogP contribution in [0.15, 0.2) is 30.3 Å². The fraction of sp³-hybridized carbons (Fsp3) is 0.444. The number of benzene rings is 1. The minimum Gasteiger partial charge on any atom is -0.381 e. The number of thiophene rings is 1. The first-order chi connectivity index (χ1) is 10.1. The molecular formula is C18H26N2S. The van der Waals surface area contributed by atoms with E-state index in [1.165, 1.54) is 26.6 Å². The third kappa shape index (κ3) is 4.58. The summed E-state index contributed by atoms with van der Waals surface area (Å²) < 4.78 is 0. The largest absolute Gasteiger partial charge is 0.381 e. The predicted octanol–water partition coefficient (Wildman–Crippen LogP) is 4.82. The number of hydrogen-bond acceptors (Lipinski definition) is 3. The van der Waals surface area contributed by atoms with Crippen molar-refractivity contribution in [2.45, 2.75) is 40.8 Å². The van der Waals surface area contributed by atoms with Crippen molar-refractivity contribution >= 4 is 17.0 Å². The van der Waals surface area contributed by atoms with Crippen molar-refractivity contribution in [2.75, 3.05) is 18.4 Å². The Balaban J connectivity index is 1.99. The number of hydrogen-bond donors (Lipinski definition) is 1. The standard InChI is InChI=1S/C18H26N2S/c1-5-20(6-2)13-16-8-7-9-18(11-16)19-12-17-10-14(3)21-15(17)4/h7-11,19H,5-6,12-13H2,1-4H3. The maximum atomic E-state index is 3.55. The number of rotatable bonds is 7. The van der Waals surface area contributed by atoms with Crippen LogP contribution in [0.25, 0.3) is 0 Å². The minimum absolute atomic E-state index is 0.908. The van der Waals surface area contributed by atoms with E-state index >= 15 is 0 Å². The third-order valence-electron chi connectivity index (χ3n) is 3.85. The highest BCUT2D eigenvalue weighted by Gasteiger charge is 2.04. The van der Waals surface area contributed by atoms with E-state index in [4.69, 9.17) is 0 Å². The number of nitrogens with zero attached hydrogens (tertiary/aromatic N) is 1. The fourth-order valence-electron chi connectivity index (χ4n) is 2.54. The molecule has 21 heavy (non-hydrogen) atoms. The zero-order chi connectivity index (χ0) is 15.2. The molecule has 0 aliphatic rings. The molecule has 0 bridgehead atoms. The molecule has 114 valence electrons. The molecule has 0 fully saturated rings. The van der Waals surface area contributed by atoms with Crippen molar-refractivity contribution in [3.63, 3.8) is 0 Å². The van der Waals surface area contributed by atoms with Crippen LogP contribution in [0.3, 0.4) is 0 Å². The van der Waals surface area contributed by atoms with Gasteiger partial charge in [0.1, 0.15) is 0 Å². The van der Waals surface area contributed by atoms with Crippen LogP contribution in [0.2, 0.25) is 0 Å². The second kappa shape index (κ2) is 7.62. The highest BCUT2D eigenvalue weighted by molar-refractivity contribution is 7.12. The monoisotopic (exact) mass is 302 g/mol. The van der Waals surface area contributed by atoms with Crippen LogP contribution in [0.4, 0.5) is 5.69 Å². The average Bonchev–Trinajstić information content (AvgIpc) is 2.81. The first-order valence-corrected chi connectivity index (χ1v) is 8.55. The third-order valence-corrected chi connectivity index (χ3v) is 4.86. The Bertz CT molecular complexity index is 570. The summed E-state index contributed by atoms with van der Waals surface area (Å²) in [5.74, 6) is 0. The molecule has 2 aromatic rings. The lowest BCUT2D eigenvalue weighted by Crippen LogP contribution is -2.22. The molecule has 0 amide bonds. The Morgan fingerprint density at radius 1 is 1.10 bits per heavy atom. The molecule has 2 rings (SSSR count). The topological polar surface area (TPSA) is 15.3 Å². The molecule has 1 heterocycles. The first-order valence-electron chi connectivity index (χ1n) is 7.73. The Labute approximate surface area is 132 Å². The summed E-state index contributed by atoms with van der Waals surface area (Å²) in [5, 5.41) is 3.55. The molecule has 1 aromatic carbocycles. The molecule has 0 spiro atoms. The molecule has 0 radical (unpaired) electrons. The molecular weight excluding hydrogens is 276 g/mol. The Kier molecular flexibility index (Phi) is 5.83. The summed E-state index contributed by atoms with van der Waals surface area (Å²) in [4.78, 5) is 5.24. The predicted molar refractivity (Wildman–Crippen MR) is 94.2 cm³/mol. The van der Waals surface area contributed by atoms with Crippen molar-refractivity contribution in [1.29, 1.82) is 0 Å². The van der Waals surface area contributed by atoms with Gasteiger partial charge in [-0.1, -0.05) is 26.0 Å². The van der Waals surface area contributed by atoms with E-state index in [1.54, 1.807) is 0 Å². The molecule has 0 atom stereocenters. The summed E-state index contributed by atoms with van der Waals surface area (Å²) in [6.07, 6.45) is 0. The second-order valence-electron chi connectivity index (χ2n) is 5.45. The van der Waals surface area contributed by atoms with Crippen molar-refractivity contribution in [1.82, 2.24) is 4.90 Å². The Morgan fingerprint density at radius 2 is 1.86 bits per heavy atom. The lowest BCUT2D eigenvalue weighted by atomic mass is 10.1. The van der Waals surface area contributed by atoms with Crippen molar-refractivity contribution in [3.05, 3.63) is 51.2 Å². The molecule has 3 heteroatoms. The quantitative estimate of drug-likeness (QED) is 0.789. The van der Waals surface area contributed by atoms with Crippen LogP contribution in [0.5, 0.6) is 0 Å². The fourth-order valence-corrected chi connectivity index (χ4v) is 3.49. The van der Waals surface area contributed by atoms with Gasteiger partial charge in [-0.15, -0.1) is 11.3 Å². The van der Waals surface area contributed by atoms with Crippen LogP contribution >= 0.6 is 11.3 Å². The van der Waals surface area contributed by atoms with Crippen LogP contribution in [0, 0.1) is 13.8 Å². The summed E-state index contributed by atoms with van der Waals surface area (Å²) >= 11 is 1.88. The normalized spacial score (nSPS) is 11.1. The van der Waals surface area contributed by atoms with Crippen LogP contribution in [-0.4, -0.2) is 18.0 Å². The van der Waals surface area contributed by atoms with E-state index in [9.17, 15) is 0 Å². The lowest BCUT2D eigenvalue weighted by Gasteiger charge is -2.18. The highest BCUT2D eigenvalue weighted by Crippen LogP contribution is 2.22. The van der Waals surface area contributed by atoms with Crippen LogP contribution in [0.1, 0.15) is 34.7 Å². The SMILES string of the molecule is CCN(CC)Cc1cccc(NCc2cc(C)sc2C)c1. The van der Waals surface area contributed by atoms with Gasteiger partial charge in [0.2, 0.25) is 0 Å². The zero-order valence-electron chi connectivity index (χ0n) is 13.6. The van der Waals surface area contributed by atoms with Gasteiger partial charge in [0.05, 0.1) is 0 Å². The Hall–Kier alpha value is -1.32.